The standard InChI is InChI=1S/C32H27N3O3/c33-17-19-34-20-27(29-25-12-6-4-10-23(25)14-15-24-11-5-7-13-26(24)29)35-18-16-28(36)31(30(35)32(34)37)38-21-22-8-2-1-3-9-22/h1-13,16,18,27,29H,14-15,19-21H2. The number of fused-ring (bicyclic) bond motifs is 3. The highest BCUT2D eigenvalue weighted by Crippen LogP contribution is 2.44. The van der Waals surface area contributed by atoms with Crippen LogP contribution < -0.4 is 10.2 Å². The largest absolute Gasteiger partial charge is 0.483 e. The Kier molecular flexibility index (Phi) is 6.27. The number of hydrogen-bond acceptors (Lipinski definition) is 4. The number of ether oxygens (including phenoxy) is 1. The molecule has 1 aliphatic carbocycles. The minimum atomic E-state index is -0.362. The lowest BCUT2D eigenvalue weighted by atomic mass is 9.81. The SMILES string of the molecule is N#CCN1CC(C2c3ccccc3CCc3ccccc32)n2ccc(=O)c(OCc3ccccc3)c2C1=O. The van der Waals surface area contributed by atoms with Crippen LogP contribution in [-0.4, -0.2) is 28.5 Å². The van der Waals surface area contributed by atoms with Gasteiger partial charge in [0.25, 0.3) is 5.91 Å². The second-order valence-corrected chi connectivity index (χ2v) is 9.83. The van der Waals surface area contributed by atoms with Crippen LogP contribution in [0.1, 0.15) is 50.3 Å². The zero-order valence-corrected chi connectivity index (χ0v) is 20.9. The molecule has 1 aliphatic heterocycles. The fourth-order valence-electron chi connectivity index (χ4n) is 5.90. The van der Waals surface area contributed by atoms with Crippen molar-refractivity contribution in [2.75, 3.05) is 13.1 Å². The molecule has 4 aromatic rings. The molecule has 1 aromatic heterocycles. The molecule has 6 rings (SSSR count). The second-order valence-electron chi connectivity index (χ2n) is 9.83. The van der Waals surface area contributed by atoms with Crippen LogP contribution in [0.25, 0.3) is 0 Å². The van der Waals surface area contributed by atoms with E-state index in [0.29, 0.717) is 6.54 Å². The van der Waals surface area contributed by atoms with Crippen molar-refractivity contribution in [1.82, 2.24) is 9.47 Å². The number of carbonyl (C=O) groups excluding carboxylic acids is 1. The number of aromatic nitrogens is 1. The molecule has 1 unspecified atom stereocenters. The molecule has 0 saturated heterocycles. The van der Waals surface area contributed by atoms with Gasteiger partial charge < -0.3 is 14.2 Å². The van der Waals surface area contributed by atoms with Crippen LogP contribution in [0, 0.1) is 11.3 Å². The van der Waals surface area contributed by atoms with Gasteiger partial charge in [0.05, 0.1) is 12.1 Å². The summed E-state index contributed by atoms with van der Waals surface area (Å²) in [7, 11) is 0. The molecule has 6 nitrogen and oxygen atoms in total. The molecular weight excluding hydrogens is 474 g/mol. The average Bonchev–Trinajstić information content (AvgIpc) is 3.12. The van der Waals surface area contributed by atoms with E-state index < -0.39 is 0 Å². The topological polar surface area (TPSA) is 75.3 Å². The van der Waals surface area contributed by atoms with Gasteiger partial charge in [-0.05, 0) is 40.7 Å². The van der Waals surface area contributed by atoms with Gasteiger partial charge in [-0.3, -0.25) is 9.59 Å². The predicted octanol–water partition coefficient (Wildman–Crippen LogP) is 4.88. The Labute approximate surface area is 221 Å². The molecule has 38 heavy (non-hydrogen) atoms. The van der Waals surface area contributed by atoms with Gasteiger partial charge in [0.15, 0.2) is 11.4 Å². The summed E-state index contributed by atoms with van der Waals surface area (Å²) in [6.07, 6.45) is 3.58. The zero-order valence-electron chi connectivity index (χ0n) is 20.9. The van der Waals surface area contributed by atoms with Crippen molar-refractivity contribution in [3.05, 3.63) is 135 Å². The number of nitrogens with zero attached hydrogens (tertiary/aromatic N) is 3. The summed E-state index contributed by atoms with van der Waals surface area (Å²) in [6, 6.07) is 29.9. The molecule has 0 spiro atoms. The first kappa shape index (κ1) is 23.7. The van der Waals surface area contributed by atoms with Crippen molar-refractivity contribution < 1.29 is 9.53 Å². The van der Waals surface area contributed by atoms with Crippen molar-refractivity contribution in [2.24, 2.45) is 0 Å². The van der Waals surface area contributed by atoms with Gasteiger partial charge in [0, 0.05) is 24.7 Å². The van der Waals surface area contributed by atoms with Crippen LogP contribution in [0.3, 0.4) is 0 Å². The molecule has 0 fully saturated rings. The van der Waals surface area contributed by atoms with E-state index in [4.69, 9.17) is 4.74 Å². The number of benzene rings is 3. The quantitative estimate of drug-likeness (QED) is 0.366. The highest BCUT2D eigenvalue weighted by molar-refractivity contribution is 5.96. The van der Waals surface area contributed by atoms with Crippen LogP contribution in [0.5, 0.6) is 5.75 Å². The maximum Gasteiger partial charge on any atom is 0.275 e. The molecule has 188 valence electrons. The van der Waals surface area contributed by atoms with E-state index >= 15 is 0 Å². The molecule has 0 saturated carbocycles. The molecule has 2 aliphatic rings. The summed E-state index contributed by atoms with van der Waals surface area (Å²) in [5.41, 5.74) is 5.74. The molecule has 1 amide bonds. The number of hydrogen-bond donors (Lipinski definition) is 0. The van der Waals surface area contributed by atoms with E-state index in [9.17, 15) is 14.9 Å². The third-order valence-electron chi connectivity index (χ3n) is 7.65. The van der Waals surface area contributed by atoms with Gasteiger partial charge in [-0.2, -0.15) is 5.26 Å². The lowest BCUT2D eigenvalue weighted by Gasteiger charge is -2.40. The van der Waals surface area contributed by atoms with Gasteiger partial charge in [0.1, 0.15) is 13.2 Å². The number of aryl methyl sites for hydroxylation is 2. The Hall–Kier alpha value is -4.63. The third-order valence-corrected chi connectivity index (χ3v) is 7.65. The molecule has 0 N–H and O–H groups in total. The molecule has 6 heteroatoms. The van der Waals surface area contributed by atoms with Gasteiger partial charge in [-0.15, -0.1) is 0 Å². The van der Waals surface area contributed by atoms with E-state index in [1.54, 1.807) is 11.1 Å². The number of amides is 1. The normalized spacial score (nSPS) is 16.6. The molecule has 1 atom stereocenters. The van der Waals surface area contributed by atoms with Crippen molar-refractivity contribution in [1.29, 1.82) is 5.26 Å². The van der Waals surface area contributed by atoms with Gasteiger partial charge in [-0.25, -0.2) is 0 Å². The van der Waals surface area contributed by atoms with Crippen LogP contribution in [0.2, 0.25) is 0 Å². The van der Waals surface area contributed by atoms with Crippen LogP contribution in [-0.2, 0) is 19.4 Å². The summed E-state index contributed by atoms with van der Waals surface area (Å²) in [6.45, 7) is 0.457. The second kappa shape index (κ2) is 10.0. The van der Waals surface area contributed by atoms with Crippen LogP contribution in [0.4, 0.5) is 0 Å². The first-order valence-corrected chi connectivity index (χ1v) is 12.9. The molecule has 2 heterocycles. The number of rotatable bonds is 5. The smallest absolute Gasteiger partial charge is 0.275 e. The summed E-state index contributed by atoms with van der Waals surface area (Å²) >= 11 is 0. The molecular formula is C32H27N3O3. The van der Waals surface area contributed by atoms with E-state index in [0.717, 1.165) is 18.4 Å². The highest BCUT2D eigenvalue weighted by atomic mass is 16.5. The maximum atomic E-state index is 13.7. The Morgan fingerprint density at radius 3 is 2.13 bits per heavy atom. The number of nitriles is 1. The Bertz CT molecular complexity index is 1560. The monoisotopic (exact) mass is 501 g/mol. The fourth-order valence-corrected chi connectivity index (χ4v) is 5.90. The van der Waals surface area contributed by atoms with E-state index in [-0.39, 0.29) is 47.9 Å². The lowest BCUT2D eigenvalue weighted by Crippen LogP contribution is -2.46. The van der Waals surface area contributed by atoms with Crippen molar-refractivity contribution >= 4 is 5.91 Å². The number of pyridine rings is 1. The van der Waals surface area contributed by atoms with E-state index in [1.807, 2.05) is 34.9 Å². The summed E-state index contributed by atoms with van der Waals surface area (Å²) in [5, 5.41) is 9.57. The van der Waals surface area contributed by atoms with Crippen molar-refractivity contribution in [3.63, 3.8) is 0 Å². The van der Waals surface area contributed by atoms with E-state index in [1.165, 1.54) is 28.3 Å². The minimum Gasteiger partial charge on any atom is -0.483 e. The summed E-state index contributed by atoms with van der Waals surface area (Å²) in [5.74, 6) is -0.398. The first-order valence-electron chi connectivity index (χ1n) is 12.9. The van der Waals surface area contributed by atoms with E-state index in [2.05, 4.69) is 54.6 Å². The van der Waals surface area contributed by atoms with Gasteiger partial charge in [-0.1, -0.05) is 78.9 Å². The van der Waals surface area contributed by atoms with Gasteiger partial charge in [0.2, 0.25) is 5.43 Å². The summed E-state index contributed by atoms with van der Waals surface area (Å²) in [4.78, 5) is 28.3. The van der Waals surface area contributed by atoms with Crippen molar-refractivity contribution in [3.8, 4) is 11.8 Å². The Morgan fingerprint density at radius 2 is 1.47 bits per heavy atom. The minimum absolute atomic E-state index is 0.0317. The Balaban J connectivity index is 1.53. The van der Waals surface area contributed by atoms with Gasteiger partial charge >= 0.3 is 0 Å². The molecule has 0 bridgehead atoms. The highest BCUT2D eigenvalue weighted by Gasteiger charge is 2.40. The molecule has 3 aromatic carbocycles. The average molecular weight is 502 g/mol. The van der Waals surface area contributed by atoms with Crippen LogP contribution in [0.15, 0.2) is 95.9 Å². The maximum absolute atomic E-state index is 13.7. The lowest BCUT2D eigenvalue weighted by molar-refractivity contribution is 0.0673. The number of carbonyl (C=O) groups is 1. The van der Waals surface area contributed by atoms with Crippen molar-refractivity contribution in [2.45, 2.75) is 31.4 Å². The zero-order chi connectivity index (χ0) is 26.1. The predicted molar refractivity (Wildman–Crippen MR) is 144 cm³/mol. The van der Waals surface area contributed by atoms with Crippen LogP contribution >= 0.6 is 0 Å². The summed E-state index contributed by atoms with van der Waals surface area (Å²) < 4.78 is 7.97. The fraction of sp³-hybridized carbons (Fsp3) is 0.219. The Morgan fingerprint density at radius 1 is 0.842 bits per heavy atom. The third kappa shape index (κ3) is 4.16. The first-order chi connectivity index (χ1) is 18.7. The molecule has 0 radical (unpaired) electrons.